The standard InChI is InChI=1S/C29H56O4Si2/c1-27(2,32-34(6,7)8)20-12-14-22(16-19-26(31)28(3,4)33-35(9,10)11)23-17-18-24-25(30)15-13-21-29(23,24)5/h22-24H,12-21H2,1-11H3/t22-,23?,24?,29+/m0/s1. The number of rotatable bonds is 13. The lowest BCUT2D eigenvalue weighted by molar-refractivity contribution is -0.134. The SMILES string of the molecule is CC(C)(CCC[C@@H](CCC(=O)C(C)(C)O[Si](C)(C)C)C1CCC2C(=O)CCC[C@@]21C)O[Si](C)(C)C. The monoisotopic (exact) mass is 524 g/mol. The van der Waals surface area contributed by atoms with Crippen LogP contribution in [0.2, 0.25) is 39.3 Å². The van der Waals surface area contributed by atoms with E-state index < -0.39 is 22.2 Å². The second-order valence-corrected chi connectivity index (χ2v) is 23.7. The fraction of sp³-hybridized carbons (Fsp3) is 0.931. The maximum atomic E-state index is 13.3. The van der Waals surface area contributed by atoms with Crippen molar-refractivity contribution in [3.63, 3.8) is 0 Å². The predicted octanol–water partition coefficient (Wildman–Crippen LogP) is 8.17. The van der Waals surface area contributed by atoms with Crippen molar-refractivity contribution in [2.24, 2.45) is 23.2 Å². The van der Waals surface area contributed by atoms with E-state index in [-0.39, 0.29) is 22.7 Å². The molecule has 4 atom stereocenters. The number of hydrogen-bond donors (Lipinski definition) is 0. The zero-order valence-electron chi connectivity index (χ0n) is 24.9. The normalized spacial score (nSPS) is 27.1. The number of fused-ring (bicyclic) bond motifs is 1. The van der Waals surface area contributed by atoms with E-state index in [4.69, 9.17) is 8.85 Å². The van der Waals surface area contributed by atoms with Crippen LogP contribution in [-0.2, 0) is 18.4 Å². The molecule has 2 saturated carbocycles. The van der Waals surface area contributed by atoms with Gasteiger partial charge in [0.25, 0.3) is 0 Å². The summed E-state index contributed by atoms with van der Waals surface area (Å²) in [7, 11) is -3.41. The van der Waals surface area contributed by atoms with Crippen molar-refractivity contribution in [2.45, 2.75) is 149 Å². The van der Waals surface area contributed by atoms with Crippen LogP contribution in [0.3, 0.4) is 0 Å². The number of ketones is 2. The van der Waals surface area contributed by atoms with Gasteiger partial charge in [-0.05, 0) is 123 Å². The Morgan fingerprint density at radius 3 is 2.17 bits per heavy atom. The molecule has 0 aromatic heterocycles. The van der Waals surface area contributed by atoms with Gasteiger partial charge < -0.3 is 8.85 Å². The van der Waals surface area contributed by atoms with Gasteiger partial charge in [0, 0.05) is 18.8 Å². The topological polar surface area (TPSA) is 52.6 Å². The van der Waals surface area contributed by atoms with Gasteiger partial charge in [-0.2, -0.15) is 0 Å². The third-order valence-electron chi connectivity index (χ3n) is 8.42. The van der Waals surface area contributed by atoms with Crippen molar-refractivity contribution < 1.29 is 18.4 Å². The summed E-state index contributed by atoms with van der Waals surface area (Å²) in [5.74, 6) is 1.96. The van der Waals surface area contributed by atoms with Gasteiger partial charge in [-0.3, -0.25) is 9.59 Å². The highest BCUT2D eigenvalue weighted by Crippen LogP contribution is 2.58. The Morgan fingerprint density at radius 2 is 1.60 bits per heavy atom. The van der Waals surface area contributed by atoms with Crippen LogP contribution in [0.15, 0.2) is 0 Å². The van der Waals surface area contributed by atoms with Gasteiger partial charge in [0.2, 0.25) is 0 Å². The van der Waals surface area contributed by atoms with Gasteiger partial charge >= 0.3 is 0 Å². The van der Waals surface area contributed by atoms with Crippen LogP contribution < -0.4 is 0 Å². The Bertz CT molecular complexity index is 747. The van der Waals surface area contributed by atoms with E-state index in [2.05, 4.69) is 60.1 Å². The molecule has 35 heavy (non-hydrogen) atoms. The summed E-state index contributed by atoms with van der Waals surface area (Å²) >= 11 is 0. The molecule has 0 bridgehead atoms. The van der Waals surface area contributed by atoms with Gasteiger partial charge in [-0.15, -0.1) is 0 Å². The van der Waals surface area contributed by atoms with Gasteiger partial charge in [0.1, 0.15) is 11.4 Å². The Labute approximate surface area is 219 Å². The minimum absolute atomic E-state index is 0.109. The van der Waals surface area contributed by atoms with Crippen LogP contribution in [-0.4, -0.2) is 39.4 Å². The summed E-state index contributed by atoms with van der Waals surface area (Å²) < 4.78 is 12.7. The summed E-state index contributed by atoms with van der Waals surface area (Å²) in [5.41, 5.74) is -0.718. The number of hydrogen-bond acceptors (Lipinski definition) is 4. The number of Topliss-reactive ketones (excluding diaryl/α,β-unsaturated/α-hetero) is 2. The molecule has 0 amide bonds. The second kappa shape index (κ2) is 11.2. The second-order valence-electron chi connectivity index (χ2n) is 14.9. The molecular formula is C29H56O4Si2. The molecule has 2 aliphatic carbocycles. The molecule has 0 aromatic carbocycles. The van der Waals surface area contributed by atoms with E-state index in [9.17, 15) is 9.59 Å². The largest absolute Gasteiger partial charge is 0.413 e. The molecule has 2 rings (SSSR count). The fourth-order valence-corrected chi connectivity index (χ4v) is 10.8. The molecule has 0 heterocycles. The minimum Gasteiger partial charge on any atom is -0.413 e. The maximum absolute atomic E-state index is 13.3. The van der Waals surface area contributed by atoms with Crippen LogP contribution in [0.25, 0.3) is 0 Å². The summed E-state index contributed by atoms with van der Waals surface area (Å²) in [4.78, 5) is 26.1. The molecule has 2 aliphatic rings. The van der Waals surface area contributed by atoms with Crippen LogP contribution in [0.1, 0.15) is 98.8 Å². The first-order valence-corrected chi connectivity index (χ1v) is 21.0. The Balaban J connectivity index is 2.14. The summed E-state index contributed by atoms with van der Waals surface area (Å²) in [6.45, 7) is 24.0. The van der Waals surface area contributed by atoms with E-state index in [1.165, 1.54) is 0 Å². The smallest absolute Gasteiger partial charge is 0.185 e. The van der Waals surface area contributed by atoms with Crippen molar-refractivity contribution in [1.82, 2.24) is 0 Å². The van der Waals surface area contributed by atoms with Gasteiger partial charge in [-0.1, -0.05) is 19.8 Å². The molecule has 2 fully saturated rings. The lowest BCUT2D eigenvalue weighted by Gasteiger charge is -2.43. The fourth-order valence-electron chi connectivity index (χ4n) is 7.40. The highest BCUT2D eigenvalue weighted by atomic mass is 28.4. The molecule has 4 nitrogen and oxygen atoms in total. The lowest BCUT2D eigenvalue weighted by Crippen LogP contribution is -2.44. The third-order valence-corrected chi connectivity index (χ3v) is 10.7. The van der Waals surface area contributed by atoms with Crippen molar-refractivity contribution >= 4 is 28.2 Å². The van der Waals surface area contributed by atoms with Crippen LogP contribution in [0.4, 0.5) is 0 Å². The first kappa shape index (κ1) is 30.9. The zero-order valence-corrected chi connectivity index (χ0v) is 26.9. The highest BCUT2D eigenvalue weighted by Gasteiger charge is 2.53. The van der Waals surface area contributed by atoms with Crippen molar-refractivity contribution in [2.75, 3.05) is 0 Å². The van der Waals surface area contributed by atoms with E-state index in [1.54, 1.807) is 0 Å². The highest BCUT2D eigenvalue weighted by molar-refractivity contribution is 6.70. The van der Waals surface area contributed by atoms with Crippen molar-refractivity contribution in [3.05, 3.63) is 0 Å². The molecule has 2 unspecified atom stereocenters. The number of carbonyl (C=O) groups is 2. The zero-order chi connectivity index (χ0) is 26.9. The predicted molar refractivity (Wildman–Crippen MR) is 152 cm³/mol. The minimum atomic E-state index is -1.81. The summed E-state index contributed by atoms with van der Waals surface area (Å²) in [6, 6.07) is 0. The van der Waals surface area contributed by atoms with Gasteiger partial charge in [0.15, 0.2) is 22.4 Å². The van der Waals surface area contributed by atoms with E-state index in [1.807, 2.05) is 13.8 Å². The molecule has 0 saturated heterocycles. The molecular weight excluding hydrogens is 468 g/mol. The average molecular weight is 525 g/mol. The molecule has 0 aromatic rings. The molecule has 0 N–H and O–H groups in total. The summed E-state index contributed by atoms with van der Waals surface area (Å²) in [5, 5.41) is 0. The molecule has 0 aliphatic heterocycles. The van der Waals surface area contributed by atoms with E-state index in [0.717, 1.165) is 57.8 Å². The molecule has 204 valence electrons. The van der Waals surface area contributed by atoms with E-state index in [0.29, 0.717) is 24.0 Å². The van der Waals surface area contributed by atoms with Crippen LogP contribution in [0.5, 0.6) is 0 Å². The quantitative estimate of drug-likeness (QED) is 0.228. The Morgan fingerprint density at radius 1 is 1.00 bits per heavy atom. The maximum Gasteiger partial charge on any atom is 0.185 e. The van der Waals surface area contributed by atoms with Crippen molar-refractivity contribution in [3.8, 4) is 0 Å². The molecule has 6 heteroatoms. The summed E-state index contributed by atoms with van der Waals surface area (Å²) in [6.07, 6.45) is 9.87. The van der Waals surface area contributed by atoms with Gasteiger partial charge in [-0.25, -0.2) is 0 Å². The van der Waals surface area contributed by atoms with E-state index >= 15 is 0 Å². The third kappa shape index (κ3) is 8.89. The van der Waals surface area contributed by atoms with Crippen LogP contribution >= 0.6 is 0 Å². The van der Waals surface area contributed by atoms with Crippen LogP contribution in [0, 0.1) is 23.2 Å². The Hall–Kier alpha value is -0.306. The molecule has 0 spiro atoms. The first-order chi connectivity index (χ1) is 15.8. The lowest BCUT2D eigenvalue weighted by atomic mass is 9.61. The van der Waals surface area contributed by atoms with Crippen molar-refractivity contribution in [1.29, 1.82) is 0 Å². The Kier molecular flexibility index (Phi) is 9.90. The average Bonchev–Trinajstić information content (AvgIpc) is 2.98. The first-order valence-electron chi connectivity index (χ1n) is 14.2. The molecule has 0 radical (unpaired) electrons. The van der Waals surface area contributed by atoms with Gasteiger partial charge in [0.05, 0.1) is 5.60 Å². The number of carbonyl (C=O) groups excluding carboxylic acids is 2.